The first-order valence-electron chi connectivity index (χ1n) is 9.52. The lowest BCUT2D eigenvalue weighted by Gasteiger charge is -2.12. The van der Waals surface area contributed by atoms with E-state index in [1.807, 2.05) is 42.5 Å². The standard InChI is InChI=1S/C23H21NO4S/c1-14(21(25)18-7-6-15-4-3-5-17(15)12-18)28-23(26)20-13-29-22(24-20)16-8-10-19(27-2)11-9-16/h6-14H,3-5H2,1-2H3/t14-/m0/s1. The molecule has 5 nitrogen and oxygen atoms in total. The van der Waals surface area contributed by atoms with Crippen molar-refractivity contribution < 1.29 is 19.1 Å². The average molecular weight is 407 g/mol. The quantitative estimate of drug-likeness (QED) is 0.436. The normalized spacial score (nSPS) is 13.6. The van der Waals surface area contributed by atoms with E-state index in [-0.39, 0.29) is 11.5 Å². The van der Waals surface area contributed by atoms with Crippen LogP contribution < -0.4 is 4.74 Å². The van der Waals surface area contributed by atoms with E-state index >= 15 is 0 Å². The lowest BCUT2D eigenvalue weighted by Crippen LogP contribution is -2.24. The molecule has 0 radical (unpaired) electrons. The first kappa shape index (κ1) is 19.3. The third kappa shape index (κ3) is 4.07. The number of rotatable bonds is 6. The summed E-state index contributed by atoms with van der Waals surface area (Å²) in [7, 11) is 1.61. The number of thiazole rings is 1. The van der Waals surface area contributed by atoms with E-state index in [2.05, 4.69) is 4.98 Å². The van der Waals surface area contributed by atoms with Gasteiger partial charge in [-0.15, -0.1) is 11.3 Å². The minimum absolute atomic E-state index is 0.196. The molecular formula is C23H21NO4S. The Morgan fingerprint density at radius 3 is 2.59 bits per heavy atom. The molecule has 29 heavy (non-hydrogen) atoms. The summed E-state index contributed by atoms with van der Waals surface area (Å²) in [6.07, 6.45) is 2.32. The fourth-order valence-electron chi connectivity index (χ4n) is 3.47. The van der Waals surface area contributed by atoms with Gasteiger partial charge < -0.3 is 9.47 Å². The van der Waals surface area contributed by atoms with Crippen LogP contribution >= 0.6 is 11.3 Å². The minimum atomic E-state index is -0.868. The fraction of sp³-hybridized carbons (Fsp3) is 0.261. The van der Waals surface area contributed by atoms with Crippen LogP contribution in [0.3, 0.4) is 0 Å². The van der Waals surface area contributed by atoms with Crippen LogP contribution in [0, 0.1) is 0 Å². The number of methoxy groups -OCH3 is 1. The van der Waals surface area contributed by atoms with E-state index in [0.29, 0.717) is 10.6 Å². The van der Waals surface area contributed by atoms with Crippen LogP contribution in [-0.4, -0.2) is 30.0 Å². The zero-order chi connectivity index (χ0) is 20.4. The minimum Gasteiger partial charge on any atom is -0.497 e. The number of aromatic nitrogens is 1. The number of ether oxygens (including phenoxy) is 2. The number of nitrogens with zero attached hydrogens (tertiary/aromatic N) is 1. The SMILES string of the molecule is COc1ccc(-c2nc(C(=O)O[C@@H](C)C(=O)c3ccc4c(c3)CCC4)cs2)cc1. The molecule has 1 aliphatic rings. The molecular weight excluding hydrogens is 386 g/mol. The molecule has 0 fully saturated rings. The third-order valence-corrected chi connectivity index (χ3v) is 5.98. The molecule has 0 N–H and O–H groups in total. The topological polar surface area (TPSA) is 65.5 Å². The summed E-state index contributed by atoms with van der Waals surface area (Å²) in [4.78, 5) is 29.5. The molecule has 0 unspecified atom stereocenters. The van der Waals surface area contributed by atoms with Crippen molar-refractivity contribution in [1.29, 1.82) is 0 Å². The molecule has 1 aromatic heterocycles. The van der Waals surface area contributed by atoms with E-state index in [0.717, 1.165) is 30.6 Å². The van der Waals surface area contributed by atoms with E-state index in [4.69, 9.17) is 9.47 Å². The Labute approximate surface area is 173 Å². The number of hydrogen-bond donors (Lipinski definition) is 0. The van der Waals surface area contributed by atoms with Crippen LogP contribution in [0.15, 0.2) is 47.8 Å². The monoisotopic (exact) mass is 407 g/mol. The molecule has 0 spiro atoms. The molecule has 2 aromatic carbocycles. The van der Waals surface area contributed by atoms with E-state index < -0.39 is 12.1 Å². The second kappa shape index (κ2) is 8.17. The number of ketones is 1. The van der Waals surface area contributed by atoms with Crippen molar-refractivity contribution in [3.8, 4) is 16.3 Å². The molecule has 0 aliphatic heterocycles. The largest absolute Gasteiger partial charge is 0.497 e. The summed E-state index contributed by atoms with van der Waals surface area (Å²) in [5, 5.41) is 2.35. The van der Waals surface area contributed by atoms with Gasteiger partial charge in [0.15, 0.2) is 11.8 Å². The Bertz CT molecular complexity index is 1050. The van der Waals surface area contributed by atoms with Gasteiger partial charge in [0.05, 0.1) is 7.11 Å². The van der Waals surface area contributed by atoms with Gasteiger partial charge in [-0.2, -0.15) is 0 Å². The van der Waals surface area contributed by atoms with Crippen LogP contribution in [0.25, 0.3) is 10.6 Å². The molecule has 0 saturated carbocycles. The van der Waals surface area contributed by atoms with Gasteiger partial charge in [0.1, 0.15) is 10.8 Å². The maximum Gasteiger partial charge on any atom is 0.358 e. The summed E-state index contributed by atoms with van der Waals surface area (Å²) < 4.78 is 10.5. The van der Waals surface area contributed by atoms with Crippen LogP contribution in [0.4, 0.5) is 0 Å². The Kier molecular flexibility index (Phi) is 5.45. The van der Waals surface area contributed by atoms with Crippen LogP contribution in [0.5, 0.6) is 5.75 Å². The number of aryl methyl sites for hydroxylation is 2. The van der Waals surface area contributed by atoms with E-state index in [1.54, 1.807) is 19.4 Å². The second-order valence-corrected chi connectivity index (χ2v) is 7.87. The van der Waals surface area contributed by atoms with Crippen molar-refractivity contribution in [2.75, 3.05) is 7.11 Å². The number of carbonyl (C=O) groups is 2. The second-order valence-electron chi connectivity index (χ2n) is 7.02. The molecule has 0 bridgehead atoms. The van der Waals surface area contributed by atoms with Gasteiger partial charge in [-0.3, -0.25) is 4.79 Å². The zero-order valence-electron chi connectivity index (χ0n) is 16.3. The van der Waals surface area contributed by atoms with Crippen molar-refractivity contribution in [3.63, 3.8) is 0 Å². The maximum absolute atomic E-state index is 12.7. The maximum atomic E-state index is 12.7. The van der Waals surface area contributed by atoms with Crippen molar-refractivity contribution in [2.45, 2.75) is 32.3 Å². The number of hydrogen-bond acceptors (Lipinski definition) is 6. The summed E-state index contributed by atoms with van der Waals surface area (Å²) in [6, 6.07) is 13.2. The van der Waals surface area contributed by atoms with Gasteiger partial charge in [-0.1, -0.05) is 12.1 Å². The average Bonchev–Trinajstić information content (AvgIpc) is 3.42. The van der Waals surface area contributed by atoms with Gasteiger partial charge >= 0.3 is 5.97 Å². The van der Waals surface area contributed by atoms with Crippen molar-refractivity contribution in [1.82, 2.24) is 4.98 Å². The number of Topliss-reactive ketones (excluding diaryl/α,β-unsaturated/α-hetero) is 1. The summed E-state index contributed by atoms with van der Waals surface area (Å²) in [5.41, 5.74) is 4.20. The lowest BCUT2D eigenvalue weighted by atomic mass is 10.0. The molecule has 1 heterocycles. The van der Waals surface area contributed by atoms with Gasteiger partial charge in [-0.05, 0) is 67.6 Å². The molecule has 4 rings (SSSR count). The lowest BCUT2D eigenvalue weighted by molar-refractivity contribution is 0.0314. The Morgan fingerprint density at radius 1 is 1.07 bits per heavy atom. The predicted octanol–water partition coefficient (Wildman–Crippen LogP) is 4.74. The van der Waals surface area contributed by atoms with Crippen molar-refractivity contribution in [3.05, 3.63) is 70.2 Å². The molecule has 148 valence electrons. The van der Waals surface area contributed by atoms with Gasteiger partial charge in [0.2, 0.25) is 5.78 Å². The van der Waals surface area contributed by atoms with Crippen molar-refractivity contribution in [2.24, 2.45) is 0 Å². The van der Waals surface area contributed by atoms with Gasteiger partial charge in [0.25, 0.3) is 0 Å². The van der Waals surface area contributed by atoms with Gasteiger partial charge in [-0.25, -0.2) is 9.78 Å². The van der Waals surface area contributed by atoms with Crippen LogP contribution in [-0.2, 0) is 17.6 Å². The fourth-order valence-corrected chi connectivity index (χ4v) is 4.26. The highest BCUT2D eigenvalue weighted by molar-refractivity contribution is 7.13. The number of benzene rings is 2. The number of carbonyl (C=O) groups excluding carboxylic acids is 2. The van der Waals surface area contributed by atoms with Gasteiger partial charge in [0, 0.05) is 16.5 Å². The molecule has 0 amide bonds. The molecule has 3 aromatic rings. The zero-order valence-corrected chi connectivity index (χ0v) is 17.1. The van der Waals surface area contributed by atoms with Crippen LogP contribution in [0.1, 0.15) is 45.3 Å². The first-order valence-corrected chi connectivity index (χ1v) is 10.4. The van der Waals surface area contributed by atoms with E-state index in [1.165, 1.54) is 22.5 Å². The van der Waals surface area contributed by atoms with Crippen LogP contribution in [0.2, 0.25) is 0 Å². The highest BCUT2D eigenvalue weighted by Crippen LogP contribution is 2.27. The molecule has 0 saturated heterocycles. The smallest absolute Gasteiger partial charge is 0.358 e. The predicted molar refractivity (Wildman–Crippen MR) is 112 cm³/mol. The summed E-state index contributed by atoms with van der Waals surface area (Å²) in [5.74, 6) is -0.0366. The Balaban J connectivity index is 1.43. The number of esters is 1. The highest BCUT2D eigenvalue weighted by atomic mass is 32.1. The Hall–Kier alpha value is -2.99. The highest BCUT2D eigenvalue weighted by Gasteiger charge is 2.23. The summed E-state index contributed by atoms with van der Waals surface area (Å²) in [6.45, 7) is 1.60. The molecule has 1 aliphatic carbocycles. The van der Waals surface area contributed by atoms with E-state index in [9.17, 15) is 9.59 Å². The summed E-state index contributed by atoms with van der Waals surface area (Å²) >= 11 is 1.35. The third-order valence-electron chi connectivity index (χ3n) is 5.09. The number of fused-ring (bicyclic) bond motifs is 1. The molecule has 1 atom stereocenters. The molecule has 6 heteroatoms. The Morgan fingerprint density at radius 2 is 1.83 bits per heavy atom. The first-order chi connectivity index (χ1) is 14.0. The van der Waals surface area contributed by atoms with Crippen molar-refractivity contribution >= 4 is 23.1 Å².